The molecule has 1 aromatic carbocycles. The summed E-state index contributed by atoms with van der Waals surface area (Å²) in [7, 11) is -3.72. The molecular formula is C18H25N5O4S2. The van der Waals surface area contributed by atoms with Gasteiger partial charge in [-0.2, -0.15) is 13.1 Å². The second kappa shape index (κ2) is 8.72. The van der Waals surface area contributed by atoms with Crippen molar-refractivity contribution in [3.63, 3.8) is 0 Å². The third-order valence-electron chi connectivity index (χ3n) is 4.87. The number of nitrogens with zero attached hydrogens (tertiary/aromatic N) is 3. The van der Waals surface area contributed by atoms with Crippen LogP contribution in [0.2, 0.25) is 0 Å². The van der Waals surface area contributed by atoms with Crippen LogP contribution in [0.25, 0.3) is 11.0 Å². The average Bonchev–Trinajstić information content (AvgIpc) is 3.16. The zero-order chi connectivity index (χ0) is 21.2. The standard InChI is InChI=1S/C18H25N5O4S2/c1-11(2)19-17(24)12(3)20-18(25)13-7-9-23(10-8-13)29(26,27)15-6-4-5-14-16(15)22-28-21-14/h4-6,11-13H,7-10H2,1-3H3,(H,19,24)(H,20,25)/t12-/m0/s1. The molecule has 0 saturated carbocycles. The monoisotopic (exact) mass is 439 g/mol. The minimum Gasteiger partial charge on any atom is -0.352 e. The molecule has 0 aliphatic carbocycles. The van der Waals surface area contributed by atoms with Gasteiger partial charge in [-0.3, -0.25) is 9.59 Å². The van der Waals surface area contributed by atoms with Crippen LogP contribution in [0.1, 0.15) is 33.6 Å². The highest BCUT2D eigenvalue weighted by atomic mass is 32.2. The maximum absolute atomic E-state index is 13.1. The number of rotatable bonds is 6. The zero-order valence-corrected chi connectivity index (χ0v) is 18.2. The lowest BCUT2D eigenvalue weighted by atomic mass is 9.97. The molecule has 1 saturated heterocycles. The molecule has 1 aromatic heterocycles. The first kappa shape index (κ1) is 21.6. The van der Waals surface area contributed by atoms with Crippen LogP contribution in [0.3, 0.4) is 0 Å². The van der Waals surface area contributed by atoms with Crippen molar-refractivity contribution in [1.29, 1.82) is 0 Å². The second-order valence-electron chi connectivity index (χ2n) is 7.46. The van der Waals surface area contributed by atoms with Crippen molar-refractivity contribution in [2.75, 3.05) is 13.1 Å². The molecule has 11 heteroatoms. The first-order valence-electron chi connectivity index (χ1n) is 9.52. The summed E-state index contributed by atoms with van der Waals surface area (Å²) in [5, 5.41) is 5.48. The summed E-state index contributed by atoms with van der Waals surface area (Å²) in [4.78, 5) is 24.6. The van der Waals surface area contributed by atoms with Gasteiger partial charge in [-0.15, -0.1) is 0 Å². The molecule has 0 unspecified atom stereocenters. The molecule has 0 bridgehead atoms. The minimum atomic E-state index is -3.72. The Labute approximate surface area is 174 Å². The molecule has 1 fully saturated rings. The SMILES string of the molecule is CC(C)NC(=O)[C@H](C)NC(=O)C1CCN(S(=O)(=O)c2cccc3nsnc23)CC1. The lowest BCUT2D eigenvalue weighted by Crippen LogP contribution is -2.50. The fourth-order valence-electron chi connectivity index (χ4n) is 3.29. The summed E-state index contributed by atoms with van der Waals surface area (Å²) in [6, 6.07) is 4.27. The van der Waals surface area contributed by atoms with E-state index in [-0.39, 0.29) is 41.8 Å². The van der Waals surface area contributed by atoms with Crippen LogP contribution in [0.15, 0.2) is 23.1 Å². The van der Waals surface area contributed by atoms with Gasteiger partial charge >= 0.3 is 0 Å². The average molecular weight is 440 g/mol. The first-order chi connectivity index (χ1) is 13.7. The molecule has 2 aromatic rings. The number of carbonyl (C=O) groups excluding carboxylic acids is 2. The summed E-state index contributed by atoms with van der Waals surface area (Å²) in [5.74, 6) is -0.787. The topological polar surface area (TPSA) is 121 Å². The van der Waals surface area contributed by atoms with Gasteiger partial charge in [0, 0.05) is 25.0 Å². The molecule has 3 rings (SSSR count). The largest absolute Gasteiger partial charge is 0.352 e. The number of amides is 2. The van der Waals surface area contributed by atoms with Gasteiger partial charge < -0.3 is 10.6 Å². The van der Waals surface area contributed by atoms with Gasteiger partial charge in [0.2, 0.25) is 21.8 Å². The first-order valence-corrected chi connectivity index (χ1v) is 11.7. The summed E-state index contributed by atoms with van der Waals surface area (Å²) < 4.78 is 35.7. The Kier molecular flexibility index (Phi) is 6.49. The number of nitrogens with one attached hydrogen (secondary N) is 2. The summed E-state index contributed by atoms with van der Waals surface area (Å²) in [5.41, 5.74) is 0.932. The second-order valence-corrected chi connectivity index (χ2v) is 9.89. The minimum absolute atomic E-state index is 0.00679. The summed E-state index contributed by atoms with van der Waals surface area (Å²) in [6.45, 7) is 5.81. The third-order valence-corrected chi connectivity index (χ3v) is 7.35. The van der Waals surface area contributed by atoms with Crippen molar-refractivity contribution in [2.45, 2.75) is 50.6 Å². The van der Waals surface area contributed by atoms with Crippen LogP contribution < -0.4 is 10.6 Å². The van der Waals surface area contributed by atoms with E-state index < -0.39 is 16.1 Å². The highest BCUT2D eigenvalue weighted by Gasteiger charge is 2.34. The van der Waals surface area contributed by atoms with E-state index in [9.17, 15) is 18.0 Å². The van der Waals surface area contributed by atoms with Crippen molar-refractivity contribution < 1.29 is 18.0 Å². The normalized spacial score (nSPS) is 17.4. The van der Waals surface area contributed by atoms with Gasteiger partial charge in [-0.05, 0) is 45.7 Å². The van der Waals surface area contributed by atoms with E-state index in [2.05, 4.69) is 19.4 Å². The number of piperidine rings is 1. The van der Waals surface area contributed by atoms with Crippen molar-refractivity contribution in [3.05, 3.63) is 18.2 Å². The van der Waals surface area contributed by atoms with Gasteiger partial charge in [-0.25, -0.2) is 8.42 Å². The summed E-state index contributed by atoms with van der Waals surface area (Å²) >= 11 is 0.977. The molecule has 2 N–H and O–H groups in total. The number of benzene rings is 1. The van der Waals surface area contributed by atoms with Crippen molar-refractivity contribution in [1.82, 2.24) is 23.7 Å². The number of sulfonamides is 1. The predicted molar refractivity (Wildman–Crippen MR) is 110 cm³/mol. The van der Waals surface area contributed by atoms with Gasteiger partial charge in [0.15, 0.2) is 0 Å². The molecule has 2 heterocycles. The van der Waals surface area contributed by atoms with Gasteiger partial charge in [0.05, 0.1) is 11.7 Å². The molecule has 2 amide bonds. The quantitative estimate of drug-likeness (QED) is 0.696. The molecular weight excluding hydrogens is 414 g/mol. The number of hydrogen-bond acceptors (Lipinski definition) is 7. The highest BCUT2D eigenvalue weighted by Crippen LogP contribution is 2.28. The molecule has 9 nitrogen and oxygen atoms in total. The van der Waals surface area contributed by atoms with E-state index in [4.69, 9.17) is 0 Å². The number of hydrogen-bond donors (Lipinski definition) is 2. The molecule has 0 radical (unpaired) electrons. The van der Waals surface area contributed by atoms with Gasteiger partial charge in [0.25, 0.3) is 0 Å². The van der Waals surface area contributed by atoms with Crippen LogP contribution in [0.4, 0.5) is 0 Å². The Balaban J connectivity index is 1.62. The maximum Gasteiger partial charge on any atom is 0.245 e. The Bertz CT molecular complexity index is 997. The Morgan fingerprint density at radius 1 is 1.14 bits per heavy atom. The molecule has 1 aliphatic rings. The van der Waals surface area contributed by atoms with Crippen LogP contribution >= 0.6 is 11.7 Å². The fraction of sp³-hybridized carbons (Fsp3) is 0.556. The summed E-state index contributed by atoms with van der Waals surface area (Å²) in [6.07, 6.45) is 0.795. The van der Waals surface area contributed by atoms with Gasteiger partial charge in [0.1, 0.15) is 22.0 Å². The van der Waals surface area contributed by atoms with E-state index in [1.165, 1.54) is 10.4 Å². The lowest BCUT2D eigenvalue weighted by Gasteiger charge is -2.31. The van der Waals surface area contributed by atoms with Crippen LogP contribution in [-0.4, -0.2) is 58.5 Å². The molecule has 0 spiro atoms. The van der Waals surface area contributed by atoms with Crippen molar-refractivity contribution in [3.8, 4) is 0 Å². The van der Waals surface area contributed by atoms with E-state index in [1.54, 1.807) is 19.1 Å². The van der Waals surface area contributed by atoms with Crippen LogP contribution in [-0.2, 0) is 19.6 Å². The molecule has 1 atom stereocenters. The van der Waals surface area contributed by atoms with Gasteiger partial charge in [-0.1, -0.05) is 6.07 Å². The Morgan fingerprint density at radius 2 is 1.83 bits per heavy atom. The molecule has 158 valence electrons. The van der Waals surface area contributed by atoms with Crippen LogP contribution in [0.5, 0.6) is 0 Å². The number of fused-ring (bicyclic) bond motifs is 1. The van der Waals surface area contributed by atoms with E-state index >= 15 is 0 Å². The fourth-order valence-corrected chi connectivity index (χ4v) is 5.52. The molecule has 1 aliphatic heterocycles. The zero-order valence-electron chi connectivity index (χ0n) is 16.6. The number of aromatic nitrogens is 2. The predicted octanol–water partition coefficient (Wildman–Crippen LogP) is 1.12. The Hall–Kier alpha value is -2.11. The van der Waals surface area contributed by atoms with E-state index in [0.717, 1.165) is 11.7 Å². The van der Waals surface area contributed by atoms with Crippen molar-refractivity contribution in [2.24, 2.45) is 5.92 Å². The van der Waals surface area contributed by atoms with Crippen LogP contribution in [0, 0.1) is 5.92 Å². The maximum atomic E-state index is 13.1. The smallest absolute Gasteiger partial charge is 0.245 e. The third kappa shape index (κ3) is 4.73. The van der Waals surface area contributed by atoms with E-state index in [1.807, 2.05) is 13.8 Å². The lowest BCUT2D eigenvalue weighted by molar-refractivity contribution is -0.131. The Morgan fingerprint density at radius 3 is 2.48 bits per heavy atom. The highest BCUT2D eigenvalue weighted by molar-refractivity contribution is 7.89. The van der Waals surface area contributed by atoms with E-state index in [0.29, 0.717) is 23.9 Å². The molecule has 29 heavy (non-hydrogen) atoms. The van der Waals surface area contributed by atoms with Crippen molar-refractivity contribution >= 4 is 44.6 Å². The number of carbonyl (C=O) groups is 2.